The van der Waals surface area contributed by atoms with Crippen LogP contribution in [0.3, 0.4) is 0 Å². The summed E-state index contributed by atoms with van der Waals surface area (Å²) in [4.78, 5) is 0. The van der Waals surface area contributed by atoms with Crippen LogP contribution >= 0.6 is 23.2 Å². The van der Waals surface area contributed by atoms with Crippen LogP contribution in [0, 0.1) is 5.41 Å². The van der Waals surface area contributed by atoms with Crippen LogP contribution < -0.4 is 5.32 Å². The molecule has 1 aromatic rings. The van der Waals surface area contributed by atoms with Gasteiger partial charge in [0, 0.05) is 35.2 Å². The minimum absolute atomic E-state index is 0.0715. The van der Waals surface area contributed by atoms with Crippen molar-refractivity contribution < 1.29 is 10.2 Å². The molecule has 5 heteroatoms. The van der Waals surface area contributed by atoms with Gasteiger partial charge >= 0.3 is 0 Å². The third-order valence-corrected chi connectivity index (χ3v) is 4.60. The zero-order chi connectivity index (χ0) is 14.0. The Bertz CT molecular complexity index is 467. The largest absolute Gasteiger partial charge is 0.506 e. The Balaban J connectivity index is 2.07. The van der Waals surface area contributed by atoms with E-state index in [2.05, 4.69) is 12.2 Å². The van der Waals surface area contributed by atoms with Crippen LogP contribution in [0.2, 0.25) is 10.0 Å². The number of benzene rings is 1. The maximum absolute atomic E-state index is 9.90. The van der Waals surface area contributed by atoms with Crippen LogP contribution in [0.4, 0.5) is 0 Å². The first-order valence-electron chi connectivity index (χ1n) is 6.47. The van der Waals surface area contributed by atoms with Crippen molar-refractivity contribution in [2.45, 2.75) is 38.8 Å². The standard InChI is InChI=1S/C14H19Cl2NO2/c1-14(8-18)4-2-3-12(14)17-7-9-5-10(15)6-11(16)13(9)19/h5-6,12,17-19H,2-4,7-8H2,1H3. The highest BCUT2D eigenvalue weighted by molar-refractivity contribution is 6.35. The van der Waals surface area contributed by atoms with Crippen LogP contribution in [-0.2, 0) is 6.54 Å². The zero-order valence-corrected chi connectivity index (χ0v) is 12.4. The van der Waals surface area contributed by atoms with Crippen LogP contribution in [0.25, 0.3) is 0 Å². The van der Waals surface area contributed by atoms with Crippen molar-refractivity contribution in [1.82, 2.24) is 5.32 Å². The minimum Gasteiger partial charge on any atom is -0.506 e. The van der Waals surface area contributed by atoms with E-state index in [9.17, 15) is 10.2 Å². The first-order valence-corrected chi connectivity index (χ1v) is 7.23. The quantitative estimate of drug-likeness (QED) is 0.799. The van der Waals surface area contributed by atoms with Gasteiger partial charge in [0.05, 0.1) is 5.02 Å². The predicted octanol–water partition coefficient (Wildman–Crippen LogP) is 3.34. The van der Waals surface area contributed by atoms with E-state index in [1.54, 1.807) is 6.07 Å². The van der Waals surface area contributed by atoms with Gasteiger partial charge in [0.1, 0.15) is 5.75 Å². The van der Waals surface area contributed by atoms with Gasteiger partial charge in [0.25, 0.3) is 0 Å². The van der Waals surface area contributed by atoms with E-state index in [1.165, 1.54) is 6.07 Å². The van der Waals surface area contributed by atoms with E-state index in [0.717, 1.165) is 19.3 Å². The first kappa shape index (κ1) is 14.9. The zero-order valence-electron chi connectivity index (χ0n) is 10.9. The second-order valence-corrected chi connectivity index (χ2v) is 6.38. The number of hydrogen-bond acceptors (Lipinski definition) is 3. The normalized spacial score (nSPS) is 26.8. The van der Waals surface area contributed by atoms with Gasteiger partial charge in [-0.1, -0.05) is 36.5 Å². The highest BCUT2D eigenvalue weighted by Crippen LogP contribution is 2.38. The molecule has 0 spiro atoms. The van der Waals surface area contributed by atoms with Crippen LogP contribution in [0.1, 0.15) is 31.7 Å². The lowest BCUT2D eigenvalue weighted by atomic mass is 9.85. The van der Waals surface area contributed by atoms with Crippen molar-refractivity contribution in [2.75, 3.05) is 6.61 Å². The Labute approximate surface area is 123 Å². The van der Waals surface area contributed by atoms with Gasteiger partial charge in [0.15, 0.2) is 0 Å². The Hall–Kier alpha value is -0.480. The molecule has 0 bridgehead atoms. The molecule has 3 nitrogen and oxygen atoms in total. The maximum Gasteiger partial charge on any atom is 0.138 e. The molecule has 0 heterocycles. The van der Waals surface area contributed by atoms with Gasteiger partial charge in [-0.05, 0) is 25.0 Å². The summed E-state index contributed by atoms with van der Waals surface area (Å²) in [6, 6.07) is 3.48. The van der Waals surface area contributed by atoms with Crippen molar-refractivity contribution in [2.24, 2.45) is 5.41 Å². The number of phenols is 1. The Kier molecular flexibility index (Phi) is 4.62. The molecule has 19 heavy (non-hydrogen) atoms. The fraction of sp³-hybridized carbons (Fsp3) is 0.571. The third kappa shape index (κ3) is 3.16. The highest BCUT2D eigenvalue weighted by atomic mass is 35.5. The summed E-state index contributed by atoms with van der Waals surface area (Å²) in [6.45, 7) is 2.75. The van der Waals surface area contributed by atoms with Gasteiger partial charge in [0.2, 0.25) is 0 Å². The lowest BCUT2D eigenvalue weighted by Gasteiger charge is -2.30. The second-order valence-electron chi connectivity index (χ2n) is 5.53. The molecule has 106 valence electrons. The van der Waals surface area contributed by atoms with Gasteiger partial charge in [-0.2, -0.15) is 0 Å². The summed E-state index contributed by atoms with van der Waals surface area (Å²) in [7, 11) is 0. The molecule has 1 aromatic carbocycles. The maximum atomic E-state index is 9.90. The molecule has 3 N–H and O–H groups in total. The topological polar surface area (TPSA) is 52.5 Å². The number of hydrogen-bond donors (Lipinski definition) is 3. The van der Waals surface area contributed by atoms with Gasteiger partial charge < -0.3 is 15.5 Å². The van der Waals surface area contributed by atoms with Crippen molar-refractivity contribution in [1.29, 1.82) is 0 Å². The molecule has 2 rings (SSSR count). The average Bonchev–Trinajstić information content (AvgIpc) is 2.74. The lowest BCUT2D eigenvalue weighted by molar-refractivity contribution is 0.118. The summed E-state index contributed by atoms with van der Waals surface area (Å²) in [5.74, 6) is 0.0715. The lowest BCUT2D eigenvalue weighted by Crippen LogP contribution is -2.41. The predicted molar refractivity (Wildman–Crippen MR) is 77.8 cm³/mol. The Morgan fingerprint density at radius 2 is 2.16 bits per heavy atom. The van der Waals surface area contributed by atoms with E-state index in [1.807, 2.05) is 0 Å². The molecule has 0 amide bonds. The summed E-state index contributed by atoms with van der Waals surface area (Å²) in [5.41, 5.74) is 0.600. The van der Waals surface area contributed by atoms with Gasteiger partial charge in [-0.15, -0.1) is 0 Å². The van der Waals surface area contributed by atoms with E-state index >= 15 is 0 Å². The van der Waals surface area contributed by atoms with Crippen molar-refractivity contribution >= 4 is 23.2 Å². The van der Waals surface area contributed by atoms with Gasteiger partial charge in [-0.3, -0.25) is 0 Å². The second kappa shape index (κ2) is 5.88. The molecule has 2 unspecified atom stereocenters. The number of nitrogens with one attached hydrogen (secondary N) is 1. The molecule has 1 fully saturated rings. The number of aliphatic hydroxyl groups excluding tert-OH is 1. The molecule has 0 radical (unpaired) electrons. The number of aromatic hydroxyl groups is 1. The van der Waals surface area contributed by atoms with E-state index in [0.29, 0.717) is 17.1 Å². The molecule has 2 atom stereocenters. The third-order valence-electron chi connectivity index (χ3n) is 4.09. The fourth-order valence-corrected chi connectivity index (χ4v) is 3.29. The molecule has 0 aromatic heterocycles. The van der Waals surface area contributed by atoms with E-state index in [-0.39, 0.29) is 28.8 Å². The van der Waals surface area contributed by atoms with Crippen molar-refractivity contribution in [3.05, 3.63) is 27.7 Å². The minimum atomic E-state index is -0.0853. The van der Waals surface area contributed by atoms with Crippen molar-refractivity contribution in [3.63, 3.8) is 0 Å². The smallest absolute Gasteiger partial charge is 0.138 e. The van der Waals surface area contributed by atoms with Crippen LogP contribution in [0.15, 0.2) is 12.1 Å². The summed E-state index contributed by atoms with van der Waals surface area (Å²) >= 11 is 11.8. The molecule has 0 aliphatic heterocycles. The molecule has 1 aliphatic rings. The number of phenolic OH excluding ortho intramolecular Hbond substituents is 1. The van der Waals surface area contributed by atoms with E-state index in [4.69, 9.17) is 23.2 Å². The van der Waals surface area contributed by atoms with E-state index < -0.39 is 0 Å². The first-order chi connectivity index (χ1) is 8.96. The van der Waals surface area contributed by atoms with Crippen LogP contribution in [-0.4, -0.2) is 22.9 Å². The molecule has 0 saturated heterocycles. The molecule has 1 saturated carbocycles. The number of halogens is 2. The van der Waals surface area contributed by atoms with Crippen molar-refractivity contribution in [3.8, 4) is 5.75 Å². The SMILES string of the molecule is CC1(CO)CCCC1NCc1cc(Cl)cc(Cl)c1O. The van der Waals surface area contributed by atoms with Gasteiger partial charge in [-0.25, -0.2) is 0 Å². The summed E-state index contributed by atoms with van der Waals surface area (Å²) < 4.78 is 0. The average molecular weight is 304 g/mol. The van der Waals surface area contributed by atoms with Crippen LogP contribution in [0.5, 0.6) is 5.75 Å². The Morgan fingerprint density at radius 3 is 2.84 bits per heavy atom. The molecular weight excluding hydrogens is 285 g/mol. The highest BCUT2D eigenvalue weighted by Gasteiger charge is 2.37. The summed E-state index contributed by atoms with van der Waals surface area (Å²) in [5, 5.41) is 23.6. The fourth-order valence-electron chi connectivity index (χ4n) is 2.76. The molecule has 1 aliphatic carbocycles. The number of aliphatic hydroxyl groups is 1. The summed E-state index contributed by atoms with van der Waals surface area (Å²) in [6.07, 6.45) is 3.16. The Morgan fingerprint density at radius 1 is 1.42 bits per heavy atom. The monoisotopic (exact) mass is 303 g/mol. The molecular formula is C14H19Cl2NO2. The number of rotatable bonds is 4.